The first-order chi connectivity index (χ1) is 22.5. The summed E-state index contributed by atoms with van der Waals surface area (Å²) in [5.41, 5.74) is 4.94. The molecular weight excluding hydrogens is 591 g/mol. The van der Waals surface area contributed by atoms with Crippen molar-refractivity contribution in [2.24, 2.45) is 0 Å². The molecule has 0 atom stereocenters. The molecule has 0 saturated heterocycles. The van der Waals surface area contributed by atoms with E-state index in [2.05, 4.69) is 53.1 Å². The number of rotatable bonds is 6. The van der Waals surface area contributed by atoms with Gasteiger partial charge in [0.1, 0.15) is 11.5 Å². The fourth-order valence-electron chi connectivity index (χ4n) is 6.69. The minimum absolute atomic E-state index is 0.275. The summed E-state index contributed by atoms with van der Waals surface area (Å²) >= 11 is 0. The van der Waals surface area contributed by atoms with Gasteiger partial charge in [0, 0.05) is 21.5 Å². The number of hydrogen-bond acceptors (Lipinski definition) is 4. The maximum absolute atomic E-state index is 14.0. The highest BCUT2D eigenvalue weighted by molar-refractivity contribution is 7.91. The number of aromatic nitrogens is 1. The van der Waals surface area contributed by atoms with Crippen LogP contribution in [0.1, 0.15) is 0 Å². The van der Waals surface area contributed by atoms with E-state index in [1.165, 1.54) is 0 Å². The van der Waals surface area contributed by atoms with Crippen molar-refractivity contribution in [3.8, 4) is 28.3 Å². The second-order valence-corrected chi connectivity index (χ2v) is 13.2. The number of hydrogen-bond donors (Lipinski definition) is 0. The van der Waals surface area contributed by atoms with Gasteiger partial charge in [0.05, 0.1) is 40.7 Å². The first kappa shape index (κ1) is 27.9. The summed E-state index contributed by atoms with van der Waals surface area (Å²) in [5, 5.41) is 5.77. The molecule has 0 bridgehead atoms. The van der Waals surface area contributed by atoms with E-state index in [0.717, 1.165) is 66.3 Å². The molecule has 0 unspecified atom stereocenters. The van der Waals surface area contributed by atoms with Gasteiger partial charge in [-0.1, -0.05) is 78.9 Å². The van der Waals surface area contributed by atoms with Gasteiger partial charge in [-0.15, -0.1) is 0 Å². The van der Waals surface area contributed by atoms with E-state index in [1.807, 2.05) is 60.7 Å². The van der Waals surface area contributed by atoms with E-state index in [0.29, 0.717) is 10.3 Å². The van der Waals surface area contributed by atoms with Crippen LogP contribution in [-0.2, 0) is 9.84 Å². The molecule has 7 aromatic carbocycles. The Labute approximate surface area is 266 Å². The van der Waals surface area contributed by atoms with Crippen molar-refractivity contribution < 1.29 is 17.9 Å². The van der Waals surface area contributed by atoms with E-state index in [9.17, 15) is 8.42 Å². The topological polar surface area (TPSA) is 57.5 Å². The molecule has 6 heteroatoms. The normalized spacial score (nSPS) is 11.9. The minimum Gasteiger partial charge on any atom is -0.497 e. The molecule has 1 aromatic heterocycles. The third-order valence-electron chi connectivity index (χ3n) is 8.82. The van der Waals surface area contributed by atoms with Crippen molar-refractivity contribution in [1.82, 2.24) is 4.57 Å². The maximum Gasteiger partial charge on any atom is 0.207 e. The molecule has 0 amide bonds. The van der Waals surface area contributed by atoms with Gasteiger partial charge in [0.2, 0.25) is 9.84 Å². The highest BCUT2D eigenvalue weighted by Crippen LogP contribution is 2.42. The molecule has 46 heavy (non-hydrogen) atoms. The fourth-order valence-corrected chi connectivity index (χ4v) is 8.21. The molecule has 0 radical (unpaired) electrons. The summed E-state index contributed by atoms with van der Waals surface area (Å²) < 4.78 is 41.5. The average molecular weight is 620 g/mol. The Bertz CT molecular complexity index is 2500. The second kappa shape index (κ2) is 10.8. The Kier molecular flexibility index (Phi) is 6.55. The van der Waals surface area contributed by atoms with E-state index in [4.69, 9.17) is 9.47 Å². The standard InChI is InChI=1S/C40H29NO4S/c1-44-27-18-21-37-34(24-27)35-25-28(45-2)19-22-38(35)41(37)36-23-20-31(30-14-6-7-15-32(30)36)33-16-8-10-26-11-9-17-39(40(26)33)46(42,43)29-12-4-3-5-13-29/h3-25H,1-2H3. The second-order valence-electron chi connectivity index (χ2n) is 11.3. The predicted molar refractivity (Wildman–Crippen MR) is 186 cm³/mol. The van der Waals surface area contributed by atoms with Crippen LogP contribution in [0.15, 0.2) is 149 Å². The smallest absolute Gasteiger partial charge is 0.207 e. The van der Waals surface area contributed by atoms with Crippen LogP contribution in [0.2, 0.25) is 0 Å². The van der Waals surface area contributed by atoms with E-state index in [-0.39, 0.29) is 4.90 Å². The number of methoxy groups -OCH3 is 2. The van der Waals surface area contributed by atoms with Crippen molar-refractivity contribution in [2.45, 2.75) is 9.79 Å². The lowest BCUT2D eigenvalue weighted by molar-refractivity contribution is 0.415. The molecule has 8 aromatic rings. The first-order valence-electron chi connectivity index (χ1n) is 15.0. The highest BCUT2D eigenvalue weighted by Gasteiger charge is 2.23. The third kappa shape index (κ3) is 4.25. The number of nitrogens with zero attached hydrogens (tertiary/aromatic N) is 1. The Morgan fingerprint density at radius 3 is 1.78 bits per heavy atom. The van der Waals surface area contributed by atoms with Crippen LogP contribution in [0, 0.1) is 0 Å². The summed E-state index contributed by atoms with van der Waals surface area (Å²) in [6, 6.07) is 45.0. The van der Waals surface area contributed by atoms with Gasteiger partial charge in [-0.05, 0) is 82.6 Å². The quantitative estimate of drug-likeness (QED) is 0.186. The summed E-state index contributed by atoms with van der Waals surface area (Å²) in [5.74, 6) is 1.57. The van der Waals surface area contributed by atoms with Gasteiger partial charge in [0.25, 0.3) is 0 Å². The van der Waals surface area contributed by atoms with Gasteiger partial charge in [-0.3, -0.25) is 0 Å². The zero-order valence-electron chi connectivity index (χ0n) is 25.3. The van der Waals surface area contributed by atoms with Crippen LogP contribution in [0.25, 0.3) is 60.2 Å². The van der Waals surface area contributed by atoms with Crippen LogP contribution >= 0.6 is 0 Å². The fraction of sp³-hybridized carbons (Fsp3) is 0.0500. The Hall–Kier alpha value is -5.59. The summed E-state index contributed by atoms with van der Waals surface area (Å²) in [7, 11) is -0.423. The molecule has 8 rings (SSSR count). The van der Waals surface area contributed by atoms with Crippen molar-refractivity contribution >= 4 is 53.2 Å². The summed E-state index contributed by atoms with van der Waals surface area (Å²) in [6.07, 6.45) is 0. The largest absolute Gasteiger partial charge is 0.497 e. The van der Waals surface area contributed by atoms with Crippen LogP contribution < -0.4 is 9.47 Å². The molecule has 0 saturated carbocycles. The lowest BCUT2D eigenvalue weighted by atomic mass is 9.93. The number of fused-ring (bicyclic) bond motifs is 5. The Balaban J connectivity index is 1.42. The predicted octanol–water partition coefficient (Wildman–Crippen LogP) is 9.61. The van der Waals surface area contributed by atoms with Crippen LogP contribution in [-0.4, -0.2) is 27.2 Å². The number of ether oxygens (including phenoxy) is 2. The lowest BCUT2D eigenvalue weighted by Gasteiger charge is -2.17. The molecule has 0 spiro atoms. The van der Waals surface area contributed by atoms with Crippen LogP contribution in [0.4, 0.5) is 0 Å². The van der Waals surface area contributed by atoms with E-state index >= 15 is 0 Å². The average Bonchev–Trinajstić information content (AvgIpc) is 3.43. The molecule has 5 nitrogen and oxygen atoms in total. The number of benzene rings is 7. The molecular formula is C40H29NO4S. The summed E-state index contributed by atoms with van der Waals surface area (Å²) in [4.78, 5) is 0.572. The molecule has 0 N–H and O–H groups in total. The van der Waals surface area contributed by atoms with Crippen molar-refractivity contribution in [3.63, 3.8) is 0 Å². The molecule has 0 aliphatic carbocycles. The molecule has 224 valence electrons. The molecule has 0 aliphatic rings. The Morgan fingerprint density at radius 2 is 1.13 bits per heavy atom. The minimum atomic E-state index is -3.78. The maximum atomic E-state index is 14.0. The zero-order chi connectivity index (χ0) is 31.4. The van der Waals surface area contributed by atoms with Crippen LogP contribution in [0.5, 0.6) is 11.5 Å². The van der Waals surface area contributed by atoms with Gasteiger partial charge >= 0.3 is 0 Å². The van der Waals surface area contributed by atoms with Gasteiger partial charge < -0.3 is 14.0 Å². The monoisotopic (exact) mass is 619 g/mol. The lowest BCUT2D eigenvalue weighted by Crippen LogP contribution is -2.03. The van der Waals surface area contributed by atoms with Crippen molar-refractivity contribution in [3.05, 3.63) is 140 Å². The first-order valence-corrected chi connectivity index (χ1v) is 16.5. The molecule has 0 fully saturated rings. The number of sulfone groups is 1. The van der Waals surface area contributed by atoms with E-state index in [1.54, 1.807) is 44.6 Å². The summed E-state index contributed by atoms with van der Waals surface area (Å²) in [6.45, 7) is 0. The highest BCUT2D eigenvalue weighted by atomic mass is 32.2. The SMILES string of the molecule is COc1ccc2c(c1)c1cc(OC)ccc1n2-c1ccc(-c2cccc3cccc(S(=O)(=O)c4ccccc4)c23)c2ccccc12. The van der Waals surface area contributed by atoms with Crippen molar-refractivity contribution in [1.29, 1.82) is 0 Å². The molecule has 1 heterocycles. The molecule has 0 aliphatic heterocycles. The van der Waals surface area contributed by atoms with Gasteiger partial charge in [-0.2, -0.15) is 0 Å². The van der Waals surface area contributed by atoms with E-state index < -0.39 is 9.84 Å². The zero-order valence-corrected chi connectivity index (χ0v) is 26.1. The van der Waals surface area contributed by atoms with Gasteiger partial charge in [-0.25, -0.2) is 8.42 Å². The third-order valence-corrected chi connectivity index (χ3v) is 10.6. The van der Waals surface area contributed by atoms with Gasteiger partial charge in [0.15, 0.2) is 0 Å². The van der Waals surface area contributed by atoms with Crippen LogP contribution in [0.3, 0.4) is 0 Å². The Morgan fingerprint density at radius 1 is 0.522 bits per heavy atom. The van der Waals surface area contributed by atoms with Crippen molar-refractivity contribution in [2.75, 3.05) is 14.2 Å².